The van der Waals surface area contributed by atoms with Crippen LogP contribution in [0.1, 0.15) is 74.7 Å². The number of nitrogens with zero attached hydrogens (tertiary/aromatic N) is 7. The van der Waals surface area contributed by atoms with Crippen molar-refractivity contribution in [1.29, 1.82) is 0 Å². The van der Waals surface area contributed by atoms with Gasteiger partial charge in [0.15, 0.2) is 11.3 Å². The van der Waals surface area contributed by atoms with Gasteiger partial charge < -0.3 is 14.5 Å². The van der Waals surface area contributed by atoms with E-state index in [-0.39, 0.29) is 33.4 Å². The van der Waals surface area contributed by atoms with E-state index in [4.69, 9.17) is 21.3 Å². The van der Waals surface area contributed by atoms with Crippen molar-refractivity contribution >= 4 is 66.5 Å². The molecule has 10 rings (SSSR count). The van der Waals surface area contributed by atoms with Crippen LogP contribution in [0.25, 0.3) is 33.3 Å². The first-order chi connectivity index (χ1) is 30.9. The van der Waals surface area contributed by atoms with E-state index < -0.39 is 15.9 Å². The van der Waals surface area contributed by atoms with Crippen LogP contribution in [0, 0.1) is 10.3 Å². The number of H-pyrrole nitrogens is 1. The zero-order valence-corrected chi connectivity index (χ0v) is 37.7. The molecule has 0 spiro atoms. The normalized spacial score (nSPS) is 19.1. The number of carbonyl (C=O) groups excluding carboxylic acids is 1. The maximum Gasteiger partial charge on any atom is 0.267 e. The van der Waals surface area contributed by atoms with Crippen LogP contribution in [0.2, 0.25) is 5.02 Å². The number of fused-ring (bicyclic) bond motifs is 2. The first-order valence-electron chi connectivity index (χ1n) is 22.3. The molecule has 2 saturated heterocycles. The molecule has 16 heteroatoms. The smallest absolute Gasteiger partial charge is 0.267 e. The number of aromatic nitrogens is 4. The second-order valence-corrected chi connectivity index (χ2v) is 20.6. The third-order valence-electron chi connectivity index (χ3n) is 13.5. The summed E-state index contributed by atoms with van der Waals surface area (Å²) in [5.74, 6) is -0.617. The molecule has 4 aliphatic rings. The fraction of sp³-hybridized carbons (Fsp3) is 0.396. The lowest BCUT2D eigenvalue weighted by Crippen LogP contribution is -2.47. The molecule has 6 aromatic rings. The Hall–Kier alpha value is -5.61. The molecule has 14 nitrogen and oxygen atoms in total. The van der Waals surface area contributed by atoms with Crippen LogP contribution in [0.4, 0.5) is 11.4 Å². The first-order valence-corrected chi connectivity index (χ1v) is 24.1. The van der Waals surface area contributed by atoms with Crippen LogP contribution >= 0.6 is 11.6 Å². The summed E-state index contributed by atoms with van der Waals surface area (Å²) in [7, 11) is -4.45. The van der Waals surface area contributed by atoms with Crippen LogP contribution in [-0.4, -0.2) is 102 Å². The van der Waals surface area contributed by atoms with Gasteiger partial charge in [0.1, 0.15) is 17.4 Å². The number of hydrogen-bond donors (Lipinski definition) is 2. The number of halogens is 1. The number of rotatable bonds is 12. The molecule has 0 radical (unpaired) electrons. The van der Waals surface area contributed by atoms with Crippen molar-refractivity contribution < 1.29 is 17.9 Å². The van der Waals surface area contributed by atoms with E-state index in [1.54, 1.807) is 23.1 Å². The van der Waals surface area contributed by atoms with Gasteiger partial charge in [-0.1, -0.05) is 43.2 Å². The molecule has 64 heavy (non-hydrogen) atoms. The lowest BCUT2D eigenvalue weighted by atomic mass is 9.72. The number of pyridine rings is 1. The van der Waals surface area contributed by atoms with Crippen molar-refractivity contribution in [2.45, 2.75) is 75.8 Å². The van der Waals surface area contributed by atoms with Gasteiger partial charge in [-0.05, 0) is 127 Å². The highest BCUT2D eigenvalue weighted by Gasteiger charge is 2.33. The predicted octanol–water partition coefficient (Wildman–Crippen LogP) is 8.86. The molecule has 3 aromatic carbocycles. The summed E-state index contributed by atoms with van der Waals surface area (Å²) in [4.78, 5) is 42.3. The van der Waals surface area contributed by atoms with E-state index in [1.165, 1.54) is 41.7 Å². The van der Waals surface area contributed by atoms with Gasteiger partial charge in [-0.3, -0.25) is 19.5 Å². The fourth-order valence-corrected chi connectivity index (χ4v) is 10.8. The number of nitroso groups, excluding NO2 is 1. The summed E-state index contributed by atoms with van der Waals surface area (Å²) in [5.41, 5.74) is 7.63. The average Bonchev–Trinajstić information content (AvgIpc) is 3.91. The summed E-state index contributed by atoms with van der Waals surface area (Å²) < 4.78 is 37.9. The second-order valence-electron chi connectivity index (χ2n) is 18.5. The molecular formula is C48H52ClN9O5S. The van der Waals surface area contributed by atoms with E-state index in [9.17, 15) is 18.1 Å². The minimum atomic E-state index is -4.45. The van der Waals surface area contributed by atoms with Crippen molar-refractivity contribution in [3.05, 3.63) is 112 Å². The van der Waals surface area contributed by atoms with Crippen LogP contribution in [0.3, 0.4) is 0 Å². The molecule has 3 aromatic heterocycles. The number of likely N-dealkylation sites (tertiary alicyclic amines) is 1. The monoisotopic (exact) mass is 901 g/mol. The van der Waals surface area contributed by atoms with Gasteiger partial charge in [-0.2, -0.15) is 0 Å². The van der Waals surface area contributed by atoms with E-state index in [2.05, 4.69) is 60.7 Å². The Bertz CT molecular complexity index is 2890. The van der Waals surface area contributed by atoms with Crippen LogP contribution in [0.15, 0.2) is 101 Å². The molecule has 0 bridgehead atoms. The number of carbonyl (C=O) groups is 1. The highest BCUT2D eigenvalue weighted by atomic mass is 35.5. The summed E-state index contributed by atoms with van der Waals surface area (Å²) in [6.07, 6.45) is 10.7. The molecule has 2 N–H and O–H groups in total. The number of amides is 1. The predicted molar refractivity (Wildman–Crippen MR) is 250 cm³/mol. The number of allylic oxidation sites excluding steroid dienone is 1. The minimum Gasteiger partial charge on any atom is -0.488 e. The Kier molecular flexibility index (Phi) is 11.3. The standard InChI is InChI=1S/C48H52ClN9O5S/c1-48(2)17-13-33(40(28-48)31-3-5-34(49)6-4-31)30-55-21-23-57(24-22-55)36-9-11-39(43(26-36)58-44-25-32-14-18-50-46(32)52-42(44)29-51-58)47(59)54-64(61,62)38-10-12-45(41(27-38)53-60)63-37-15-19-56(20-16-37)35-7-8-35/h3-6,9-12,14,18,25-27,29,35,37,51H,7-8,13,15-17,19-24,28,30H2,1-2H3,(H,54,59). The zero-order valence-electron chi connectivity index (χ0n) is 36.1. The van der Waals surface area contributed by atoms with E-state index in [0.29, 0.717) is 28.4 Å². The quantitative estimate of drug-likeness (QED) is 0.114. The van der Waals surface area contributed by atoms with Gasteiger partial charge in [0.05, 0.1) is 21.7 Å². The fourth-order valence-electron chi connectivity index (χ4n) is 9.66. The summed E-state index contributed by atoms with van der Waals surface area (Å²) in [6.45, 7) is 10.7. The highest BCUT2D eigenvalue weighted by molar-refractivity contribution is 7.90. The number of anilines is 1. The molecule has 332 valence electrons. The van der Waals surface area contributed by atoms with Gasteiger partial charge in [-0.15, -0.1) is 4.91 Å². The first kappa shape index (κ1) is 42.3. The van der Waals surface area contributed by atoms with Gasteiger partial charge in [0, 0.05) is 80.3 Å². The largest absolute Gasteiger partial charge is 0.488 e. The Morgan fingerprint density at radius 2 is 1.73 bits per heavy atom. The van der Waals surface area contributed by atoms with Crippen LogP contribution < -0.4 is 14.4 Å². The molecular weight excluding hydrogens is 850 g/mol. The summed E-state index contributed by atoms with van der Waals surface area (Å²) in [6, 6.07) is 22.1. The SMILES string of the molecule is CC1(C)CCC(CN2CCN(c3ccc(C(=O)NS(=O)(=O)c4ccc(OC5CCN(C6CC6)CC5)c(N=O)c4)c(-n4[nH]cc5nc6nccc6cc54)c3)CC2)=C(c2ccc(Cl)cc2)C1. The molecule has 1 saturated carbocycles. The number of ether oxygens (including phenoxy) is 1. The molecule has 5 heterocycles. The summed E-state index contributed by atoms with van der Waals surface area (Å²) in [5, 5.41) is 7.93. The molecule has 2 aliphatic carbocycles. The van der Waals surface area contributed by atoms with Gasteiger partial charge in [0.2, 0.25) is 0 Å². The van der Waals surface area contributed by atoms with Gasteiger partial charge in [0.25, 0.3) is 15.9 Å². The third kappa shape index (κ3) is 8.78. The number of sulfonamides is 1. The van der Waals surface area contributed by atoms with Gasteiger partial charge in [-0.25, -0.2) is 23.1 Å². The third-order valence-corrected chi connectivity index (χ3v) is 15.0. The van der Waals surface area contributed by atoms with Crippen LogP contribution in [0.5, 0.6) is 5.75 Å². The number of nitrogens with one attached hydrogen (secondary N) is 2. The van der Waals surface area contributed by atoms with Crippen molar-refractivity contribution in [2.75, 3.05) is 50.7 Å². The van der Waals surface area contributed by atoms with E-state index in [1.807, 2.05) is 36.4 Å². The molecule has 0 atom stereocenters. The highest BCUT2D eigenvalue weighted by Crippen LogP contribution is 2.43. The molecule has 1 amide bonds. The number of aromatic amines is 1. The Labute approximate surface area is 377 Å². The Morgan fingerprint density at radius 1 is 0.953 bits per heavy atom. The maximum absolute atomic E-state index is 14.2. The number of piperazine rings is 1. The molecule has 0 unspecified atom stereocenters. The topological polar surface area (TPSA) is 158 Å². The average molecular weight is 903 g/mol. The van der Waals surface area contributed by atoms with E-state index >= 15 is 0 Å². The number of piperidine rings is 1. The minimum absolute atomic E-state index is 0.104. The van der Waals surface area contributed by atoms with Gasteiger partial charge >= 0.3 is 0 Å². The Balaban J connectivity index is 0.894. The van der Waals surface area contributed by atoms with Crippen molar-refractivity contribution in [2.24, 2.45) is 10.6 Å². The lowest BCUT2D eigenvalue weighted by Gasteiger charge is -2.39. The zero-order chi connectivity index (χ0) is 44.2. The van der Waals surface area contributed by atoms with Crippen molar-refractivity contribution in [3.63, 3.8) is 0 Å². The van der Waals surface area contributed by atoms with Crippen molar-refractivity contribution in [1.82, 2.24) is 34.3 Å². The van der Waals surface area contributed by atoms with Crippen molar-refractivity contribution in [3.8, 4) is 11.4 Å². The lowest BCUT2D eigenvalue weighted by molar-refractivity contribution is 0.0969. The number of hydrogen-bond acceptors (Lipinski definition) is 11. The molecule has 3 fully saturated rings. The maximum atomic E-state index is 14.2. The van der Waals surface area contributed by atoms with E-state index in [0.717, 1.165) is 100 Å². The second kappa shape index (κ2) is 17.1. The Morgan fingerprint density at radius 3 is 2.48 bits per heavy atom. The molecule has 2 aliphatic heterocycles. The number of benzene rings is 3. The summed E-state index contributed by atoms with van der Waals surface area (Å²) >= 11 is 6.27. The van der Waals surface area contributed by atoms with Crippen LogP contribution in [-0.2, 0) is 10.0 Å².